The Balaban J connectivity index is 2.08. The molecule has 2 heterocycles. The van der Waals surface area contributed by atoms with Crippen LogP contribution in [0.3, 0.4) is 0 Å². The number of hydrogen-bond acceptors (Lipinski definition) is 6. The molecule has 102 valence electrons. The smallest absolute Gasteiger partial charge is 0.338 e. The Labute approximate surface area is 112 Å². The number of oxazole rings is 1. The number of rotatable bonds is 4. The maximum Gasteiger partial charge on any atom is 0.338 e. The Kier molecular flexibility index (Phi) is 2.96. The Morgan fingerprint density at radius 2 is 2.30 bits per heavy atom. The molecule has 20 heavy (non-hydrogen) atoms. The number of ether oxygens (including phenoxy) is 1. The lowest BCUT2D eigenvalue weighted by atomic mass is 10.2. The summed E-state index contributed by atoms with van der Waals surface area (Å²) in [5.41, 5.74) is 1.14. The van der Waals surface area contributed by atoms with Crippen molar-refractivity contribution in [3.05, 3.63) is 35.6 Å². The summed E-state index contributed by atoms with van der Waals surface area (Å²) in [6.07, 6.45) is 0. The highest BCUT2D eigenvalue weighted by Gasteiger charge is 2.17. The second kappa shape index (κ2) is 4.78. The van der Waals surface area contributed by atoms with Crippen LogP contribution >= 0.6 is 0 Å². The molecule has 0 saturated heterocycles. The molecule has 0 aliphatic carbocycles. The third-order valence-electron chi connectivity index (χ3n) is 2.71. The molecule has 0 saturated carbocycles. The number of carboxylic acid groups (broad SMARTS) is 1. The molecule has 1 N–H and O–H groups in total. The fourth-order valence-corrected chi connectivity index (χ4v) is 1.85. The second-order valence-corrected chi connectivity index (χ2v) is 4.09. The van der Waals surface area contributed by atoms with Gasteiger partial charge in [0.1, 0.15) is 12.1 Å². The average Bonchev–Trinajstić information content (AvgIpc) is 3.03. The SMILES string of the molecule is COCc1cc(-c2nc3c(C(=O)O)cccc3o2)no1. The van der Waals surface area contributed by atoms with Crippen molar-refractivity contribution in [3.8, 4) is 11.6 Å². The van der Waals surface area contributed by atoms with Gasteiger partial charge in [0, 0.05) is 13.2 Å². The molecule has 7 nitrogen and oxygen atoms in total. The minimum Gasteiger partial charge on any atom is -0.478 e. The van der Waals surface area contributed by atoms with E-state index in [1.807, 2.05) is 0 Å². The summed E-state index contributed by atoms with van der Waals surface area (Å²) in [6, 6.07) is 6.35. The van der Waals surface area contributed by atoms with Gasteiger partial charge in [-0.2, -0.15) is 0 Å². The number of aromatic nitrogens is 2. The van der Waals surface area contributed by atoms with Crippen molar-refractivity contribution in [3.63, 3.8) is 0 Å². The van der Waals surface area contributed by atoms with Crippen molar-refractivity contribution >= 4 is 17.1 Å². The number of fused-ring (bicyclic) bond motifs is 1. The van der Waals surface area contributed by atoms with Crippen molar-refractivity contribution in [2.75, 3.05) is 7.11 Å². The first kappa shape index (κ1) is 12.4. The zero-order valence-electron chi connectivity index (χ0n) is 10.5. The summed E-state index contributed by atoms with van der Waals surface area (Å²) in [4.78, 5) is 15.3. The van der Waals surface area contributed by atoms with Gasteiger partial charge in [0.2, 0.25) is 5.89 Å². The van der Waals surface area contributed by atoms with Crippen LogP contribution in [-0.2, 0) is 11.3 Å². The molecule has 0 fully saturated rings. The standard InChI is InChI=1S/C13H10N2O5/c1-18-6-7-5-9(15-20-7)12-14-11-8(13(16)17)3-2-4-10(11)19-12/h2-5H,6H2,1H3,(H,16,17). The van der Waals surface area contributed by atoms with Gasteiger partial charge in [0.15, 0.2) is 17.0 Å². The Morgan fingerprint density at radius 1 is 1.45 bits per heavy atom. The van der Waals surface area contributed by atoms with E-state index < -0.39 is 5.97 Å². The van der Waals surface area contributed by atoms with Crippen molar-refractivity contribution < 1.29 is 23.6 Å². The molecule has 0 amide bonds. The number of para-hydroxylation sites is 1. The van der Waals surface area contributed by atoms with Crippen LogP contribution in [0.5, 0.6) is 0 Å². The molecule has 0 spiro atoms. The number of benzene rings is 1. The molecule has 0 radical (unpaired) electrons. The molecule has 0 aliphatic heterocycles. The van der Waals surface area contributed by atoms with Crippen LogP contribution in [0.25, 0.3) is 22.7 Å². The highest BCUT2D eigenvalue weighted by atomic mass is 16.5. The predicted molar refractivity (Wildman–Crippen MR) is 67.2 cm³/mol. The maximum absolute atomic E-state index is 11.1. The van der Waals surface area contributed by atoms with Crippen molar-refractivity contribution in [2.24, 2.45) is 0 Å². The zero-order chi connectivity index (χ0) is 14.1. The third kappa shape index (κ3) is 2.04. The van der Waals surface area contributed by atoms with Gasteiger partial charge < -0.3 is 18.8 Å². The van der Waals surface area contributed by atoms with Gasteiger partial charge in [-0.05, 0) is 12.1 Å². The second-order valence-electron chi connectivity index (χ2n) is 4.09. The van der Waals surface area contributed by atoms with Gasteiger partial charge in [0.25, 0.3) is 0 Å². The molecule has 2 aromatic heterocycles. The van der Waals surface area contributed by atoms with Gasteiger partial charge in [-0.15, -0.1) is 0 Å². The quantitative estimate of drug-likeness (QED) is 0.779. The van der Waals surface area contributed by atoms with E-state index in [1.165, 1.54) is 6.07 Å². The van der Waals surface area contributed by atoms with E-state index in [2.05, 4.69) is 10.1 Å². The lowest BCUT2D eigenvalue weighted by Gasteiger charge is -1.92. The van der Waals surface area contributed by atoms with Crippen LogP contribution in [0.1, 0.15) is 16.1 Å². The lowest BCUT2D eigenvalue weighted by Crippen LogP contribution is -1.96. The van der Waals surface area contributed by atoms with E-state index in [4.69, 9.17) is 18.8 Å². The average molecular weight is 274 g/mol. The van der Waals surface area contributed by atoms with Gasteiger partial charge in [-0.3, -0.25) is 0 Å². The number of carboxylic acids is 1. The summed E-state index contributed by atoms with van der Waals surface area (Å²) in [6.45, 7) is 0.285. The Morgan fingerprint density at radius 3 is 3.05 bits per heavy atom. The van der Waals surface area contributed by atoms with Crippen LogP contribution in [0, 0.1) is 0 Å². The molecule has 3 aromatic rings. The zero-order valence-corrected chi connectivity index (χ0v) is 10.5. The van der Waals surface area contributed by atoms with E-state index in [9.17, 15) is 4.79 Å². The molecule has 0 unspecified atom stereocenters. The van der Waals surface area contributed by atoms with Crippen LogP contribution in [0.15, 0.2) is 33.2 Å². The number of methoxy groups -OCH3 is 1. The summed E-state index contributed by atoms with van der Waals surface area (Å²) in [5.74, 6) is -0.321. The Bertz CT molecular complexity index is 774. The highest BCUT2D eigenvalue weighted by molar-refractivity contribution is 6.00. The fraction of sp³-hybridized carbons (Fsp3) is 0.154. The predicted octanol–water partition coefficient (Wildman–Crippen LogP) is 2.33. The summed E-state index contributed by atoms with van der Waals surface area (Å²) in [7, 11) is 1.54. The third-order valence-corrected chi connectivity index (χ3v) is 2.71. The minimum atomic E-state index is -1.06. The van der Waals surface area contributed by atoms with E-state index in [0.717, 1.165) is 0 Å². The summed E-state index contributed by atoms with van der Waals surface area (Å²) >= 11 is 0. The first-order valence-corrected chi connectivity index (χ1v) is 5.77. The first-order valence-electron chi connectivity index (χ1n) is 5.77. The van der Waals surface area contributed by atoms with Crippen LogP contribution in [0.2, 0.25) is 0 Å². The van der Waals surface area contributed by atoms with Crippen LogP contribution in [0.4, 0.5) is 0 Å². The van der Waals surface area contributed by atoms with Gasteiger partial charge in [0.05, 0.1) is 5.56 Å². The molecule has 1 aromatic carbocycles. The van der Waals surface area contributed by atoms with Gasteiger partial charge >= 0.3 is 5.97 Å². The summed E-state index contributed by atoms with van der Waals surface area (Å²) < 4.78 is 15.5. The van der Waals surface area contributed by atoms with Crippen molar-refractivity contribution in [2.45, 2.75) is 6.61 Å². The van der Waals surface area contributed by atoms with Crippen LogP contribution < -0.4 is 0 Å². The summed E-state index contributed by atoms with van der Waals surface area (Å²) in [5, 5.41) is 12.9. The number of aromatic carboxylic acids is 1. The molecule has 0 atom stereocenters. The van der Waals surface area contributed by atoms with Crippen molar-refractivity contribution in [1.29, 1.82) is 0 Å². The number of hydrogen-bond donors (Lipinski definition) is 1. The Hall–Kier alpha value is -2.67. The number of nitrogens with zero attached hydrogens (tertiary/aromatic N) is 2. The monoisotopic (exact) mass is 274 g/mol. The molecule has 3 rings (SSSR count). The highest BCUT2D eigenvalue weighted by Crippen LogP contribution is 2.26. The van der Waals surface area contributed by atoms with Crippen molar-refractivity contribution in [1.82, 2.24) is 10.1 Å². The van der Waals surface area contributed by atoms with E-state index in [-0.39, 0.29) is 23.6 Å². The van der Waals surface area contributed by atoms with E-state index in [1.54, 1.807) is 25.3 Å². The molecular formula is C13H10N2O5. The topological polar surface area (TPSA) is 98.6 Å². The molecular weight excluding hydrogens is 264 g/mol. The van der Waals surface area contributed by atoms with E-state index >= 15 is 0 Å². The fourth-order valence-electron chi connectivity index (χ4n) is 1.85. The largest absolute Gasteiger partial charge is 0.478 e. The minimum absolute atomic E-state index is 0.0816. The molecule has 0 bridgehead atoms. The maximum atomic E-state index is 11.1. The van der Waals surface area contributed by atoms with E-state index in [0.29, 0.717) is 17.0 Å². The van der Waals surface area contributed by atoms with Gasteiger partial charge in [-0.1, -0.05) is 11.2 Å². The molecule has 0 aliphatic rings. The lowest BCUT2D eigenvalue weighted by molar-refractivity contribution is 0.0699. The van der Waals surface area contributed by atoms with Gasteiger partial charge in [-0.25, -0.2) is 9.78 Å². The first-order chi connectivity index (χ1) is 9.69. The normalized spacial score (nSPS) is 11.1. The number of carbonyl (C=O) groups is 1. The molecule has 7 heteroatoms. The van der Waals surface area contributed by atoms with Crippen LogP contribution in [-0.4, -0.2) is 28.3 Å².